The van der Waals surface area contributed by atoms with Gasteiger partial charge in [-0.3, -0.25) is 9.69 Å². The summed E-state index contributed by atoms with van der Waals surface area (Å²) in [5.74, 6) is 0.407. The van der Waals surface area contributed by atoms with Gasteiger partial charge >= 0.3 is 0 Å². The van der Waals surface area contributed by atoms with Gasteiger partial charge < -0.3 is 10.4 Å². The Morgan fingerprint density at radius 1 is 1.41 bits per heavy atom. The van der Waals surface area contributed by atoms with Crippen molar-refractivity contribution in [2.24, 2.45) is 5.92 Å². The molecule has 0 aromatic carbocycles. The molecule has 0 radical (unpaired) electrons. The van der Waals surface area contributed by atoms with Crippen LogP contribution < -0.4 is 5.32 Å². The molecule has 2 N–H and O–H groups in total. The SMILES string of the molecule is CCC(C(=O)NCC(O)C1CCCC1)N(C)C. The van der Waals surface area contributed by atoms with Crippen molar-refractivity contribution < 1.29 is 9.90 Å². The fourth-order valence-electron chi connectivity index (χ4n) is 2.62. The highest BCUT2D eigenvalue weighted by atomic mass is 16.3. The third-order valence-electron chi connectivity index (χ3n) is 3.74. The number of rotatable bonds is 6. The molecule has 1 saturated carbocycles. The summed E-state index contributed by atoms with van der Waals surface area (Å²) in [6, 6.07) is -0.0919. The molecule has 2 unspecified atom stereocenters. The Morgan fingerprint density at radius 2 is 2.00 bits per heavy atom. The molecule has 1 aliphatic carbocycles. The first-order valence-electron chi connectivity index (χ1n) is 6.68. The van der Waals surface area contributed by atoms with E-state index in [2.05, 4.69) is 5.32 Å². The summed E-state index contributed by atoms with van der Waals surface area (Å²) in [6.07, 6.45) is 5.04. The van der Waals surface area contributed by atoms with Gasteiger partial charge in [-0.1, -0.05) is 19.8 Å². The van der Waals surface area contributed by atoms with E-state index in [1.165, 1.54) is 12.8 Å². The molecule has 1 fully saturated rings. The lowest BCUT2D eigenvalue weighted by molar-refractivity contribution is -0.126. The summed E-state index contributed by atoms with van der Waals surface area (Å²) >= 11 is 0. The third-order valence-corrected chi connectivity index (χ3v) is 3.74. The standard InChI is InChI=1S/C13H26N2O2/c1-4-11(15(2)3)13(17)14-9-12(16)10-7-5-6-8-10/h10-12,16H,4-9H2,1-3H3,(H,14,17). The van der Waals surface area contributed by atoms with Gasteiger partial charge in [0.15, 0.2) is 0 Å². The van der Waals surface area contributed by atoms with Crippen molar-refractivity contribution in [2.75, 3.05) is 20.6 Å². The Hall–Kier alpha value is -0.610. The van der Waals surface area contributed by atoms with Crippen molar-refractivity contribution in [1.82, 2.24) is 10.2 Å². The molecule has 0 heterocycles. The van der Waals surface area contributed by atoms with Gasteiger partial charge in [0.25, 0.3) is 0 Å². The van der Waals surface area contributed by atoms with Crippen molar-refractivity contribution in [1.29, 1.82) is 0 Å². The number of carbonyl (C=O) groups is 1. The van der Waals surface area contributed by atoms with E-state index >= 15 is 0 Å². The Balaban J connectivity index is 2.31. The highest BCUT2D eigenvalue weighted by Gasteiger charge is 2.25. The zero-order chi connectivity index (χ0) is 12.8. The fraction of sp³-hybridized carbons (Fsp3) is 0.923. The number of hydrogen-bond donors (Lipinski definition) is 2. The van der Waals surface area contributed by atoms with E-state index in [9.17, 15) is 9.90 Å². The van der Waals surface area contributed by atoms with E-state index in [0.29, 0.717) is 12.5 Å². The Bertz CT molecular complexity index is 238. The molecule has 4 heteroatoms. The molecule has 0 aliphatic heterocycles. The average molecular weight is 242 g/mol. The number of nitrogens with one attached hydrogen (secondary N) is 1. The van der Waals surface area contributed by atoms with Gasteiger partial charge in [-0.2, -0.15) is 0 Å². The number of aliphatic hydroxyl groups is 1. The Labute approximate surface area is 104 Å². The molecule has 2 atom stereocenters. The monoisotopic (exact) mass is 242 g/mol. The number of carbonyl (C=O) groups excluding carboxylic acids is 1. The third kappa shape index (κ3) is 4.28. The van der Waals surface area contributed by atoms with Gasteiger partial charge in [-0.05, 0) is 39.3 Å². The molecular weight excluding hydrogens is 216 g/mol. The van der Waals surface area contributed by atoms with Gasteiger partial charge in [0, 0.05) is 6.54 Å². The molecule has 4 nitrogen and oxygen atoms in total. The second-order valence-electron chi connectivity index (χ2n) is 5.24. The van der Waals surface area contributed by atoms with Crippen molar-refractivity contribution in [3.63, 3.8) is 0 Å². The molecular formula is C13H26N2O2. The highest BCUT2D eigenvalue weighted by Crippen LogP contribution is 2.27. The van der Waals surface area contributed by atoms with E-state index in [4.69, 9.17) is 0 Å². The first-order valence-corrected chi connectivity index (χ1v) is 6.68. The Morgan fingerprint density at radius 3 is 2.47 bits per heavy atom. The molecule has 0 bridgehead atoms. The van der Waals surface area contributed by atoms with Crippen LogP contribution in [0.5, 0.6) is 0 Å². The van der Waals surface area contributed by atoms with Gasteiger partial charge in [0.2, 0.25) is 5.91 Å². The lowest BCUT2D eigenvalue weighted by atomic mass is 10.0. The van der Waals surface area contributed by atoms with Crippen LogP contribution in [0.15, 0.2) is 0 Å². The lowest BCUT2D eigenvalue weighted by Gasteiger charge is -2.24. The minimum atomic E-state index is -0.374. The minimum Gasteiger partial charge on any atom is -0.391 e. The minimum absolute atomic E-state index is 0.0227. The molecule has 0 aromatic heterocycles. The molecule has 0 aromatic rings. The van der Waals surface area contributed by atoms with Crippen molar-refractivity contribution in [3.05, 3.63) is 0 Å². The van der Waals surface area contributed by atoms with Crippen molar-refractivity contribution in [3.8, 4) is 0 Å². The second kappa shape index (κ2) is 6.97. The topological polar surface area (TPSA) is 52.6 Å². The van der Waals surface area contributed by atoms with Gasteiger partial charge in [-0.15, -0.1) is 0 Å². The largest absolute Gasteiger partial charge is 0.391 e. The summed E-state index contributed by atoms with van der Waals surface area (Å²) in [5.41, 5.74) is 0. The molecule has 0 spiro atoms. The van der Waals surface area contributed by atoms with E-state index in [0.717, 1.165) is 19.3 Å². The summed E-state index contributed by atoms with van der Waals surface area (Å²) in [4.78, 5) is 13.8. The number of nitrogens with zero attached hydrogens (tertiary/aromatic N) is 1. The second-order valence-corrected chi connectivity index (χ2v) is 5.24. The number of amides is 1. The predicted molar refractivity (Wildman–Crippen MR) is 68.7 cm³/mol. The molecule has 17 heavy (non-hydrogen) atoms. The van der Waals surface area contributed by atoms with Gasteiger partial charge in [0.05, 0.1) is 12.1 Å². The van der Waals surface area contributed by atoms with E-state index in [1.54, 1.807) is 0 Å². The first kappa shape index (κ1) is 14.5. The van der Waals surface area contributed by atoms with Crippen molar-refractivity contribution in [2.45, 2.75) is 51.2 Å². The molecule has 1 amide bonds. The van der Waals surface area contributed by atoms with E-state index < -0.39 is 0 Å². The number of aliphatic hydroxyl groups excluding tert-OH is 1. The maximum atomic E-state index is 11.9. The zero-order valence-corrected chi connectivity index (χ0v) is 11.3. The summed E-state index contributed by atoms with van der Waals surface area (Å²) in [6.45, 7) is 2.39. The van der Waals surface area contributed by atoms with Crippen LogP contribution in [0, 0.1) is 5.92 Å². The normalized spacial score (nSPS) is 20.5. The molecule has 1 aliphatic rings. The van der Waals surface area contributed by atoms with Crippen LogP contribution in [0.25, 0.3) is 0 Å². The van der Waals surface area contributed by atoms with E-state index in [-0.39, 0.29) is 18.1 Å². The van der Waals surface area contributed by atoms with E-state index in [1.807, 2.05) is 25.9 Å². The average Bonchev–Trinajstić information content (AvgIpc) is 2.79. The predicted octanol–water partition coefficient (Wildman–Crippen LogP) is 0.994. The van der Waals surface area contributed by atoms with Crippen LogP contribution in [0.2, 0.25) is 0 Å². The summed E-state index contributed by atoms with van der Waals surface area (Å²) in [7, 11) is 3.81. The number of likely N-dealkylation sites (N-methyl/N-ethyl adjacent to an activating group) is 1. The van der Waals surface area contributed by atoms with Crippen LogP contribution in [0.1, 0.15) is 39.0 Å². The van der Waals surface area contributed by atoms with Crippen molar-refractivity contribution >= 4 is 5.91 Å². The van der Waals surface area contributed by atoms with Gasteiger partial charge in [-0.25, -0.2) is 0 Å². The Kier molecular flexibility index (Phi) is 5.92. The first-order chi connectivity index (χ1) is 8.06. The van der Waals surface area contributed by atoms with Crippen LogP contribution in [0.4, 0.5) is 0 Å². The zero-order valence-electron chi connectivity index (χ0n) is 11.3. The molecule has 100 valence electrons. The molecule has 0 saturated heterocycles. The maximum absolute atomic E-state index is 11.9. The molecule has 1 rings (SSSR count). The maximum Gasteiger partial charge on any atom is 0.237 e. The van der Waals surface area contributed by atoms with Crippen LogP contribution >= 0.6 is 0 Å². The number of hydrogen-bond acceptors (Lipinski definition) is 3. The smallest absolute Gasteiger partial charge is 0.237 e. The van der Waals surface area contributed by atoms with Crippen LogP contribution in [-0.4, -0.2) is 48.7 Å². The lowest BCUT2D eigenvalue weighted by Crippen LogP contribution is -2.46. The highest BCUT2D eigenvalue weighted by molar-refractivity contribution is 5.81. The quantitative estimate of drug-likeness (QED) is 0.730. The fourth-order valence-corrected chi connectivity index (χ4v) is 2.62. The van der Waals surface area contributed by atoms with Crippen LogP contribution in [-0.2, 0) is 4.79 Å². The van der Waals surface area contributed by atoms with Gasteiger partial charge in [0.1, 0.15) is 0 Å². The summed E-state index contributed by atoms with van der Waals surface area (Å²) in [5, 5.41) is 12.8. The summed E-state index contributed by atoms with van der Waals surface area (Å²) < 4.78 is 0. The van der Waals surface area contributed by atoms with Crippen LogP contribution in [0.3, 0.4) is 0 Å².